The molecule has 4 aromatic carbocycles. The number of methoxy groups -OCH3 is 3. The number of ether oxygens (including phenoxy) is 3. The maximum Gasteiger partial charge on any atom is 0.342 e. The zero-order chi connectivity index (χ0) is 24.1. The summed E-state index contributed by atoms with van der Waals surface area (Å²) in [6, 6.07) is 23.3. The van der Waals surface area contributed by atoms with Crippen LogP contribution in [0.4, 0.5) is 5.69 Å². The maximum atomic E-state index is 13.5. The van der Waals surface area contributed by atoms with Gasteiger partial charge in [0.15, 0.2) is 11.5 Å². The largest absolute Gasteiger partial charge is 0.493 e. The predicted octanol–water partition coefficient (Wildman–Crippen LogP) is 6.15. The lowest BCUT2D eigenvalue weighted by molar-refractivity contribution is 0.323. The zero-order valence-electron chi connectivity index (χ0n) is 19.5. The van der Waals surface area contributed by atoms with E-state index in [1.54, 1.807) is 21.3 Å². The van der Waals surface area contributed by atoms with Crippen molar-refractivity contribution in [3.8, 4) is 28.4 Å². The van der Waals surface area contributed by atoms with E-state index in [9.17, 15) is 4.79 Å². The number of nitrogens with one attached hydrogen (secondary N) is 1. The van der Waals surface area contributed by atoms with Crippen molar-refractivity contribution >= 4 is 27.4 Å². The van der Waals surface area contributed by atoms with Crippen LogP contribution in [0.3, 0.4) is 0 Å². The summed E-state index contributed by atoms with van der Waals surface area (Å²) in [7, 11) is 4.72. The second-order valence-corrected chi connectivity index (χ2v) is 8.42. The van der Waals surface area contributed by atoms with Crippen molar-refractivity contribution in [2.24, 2.45) is 0 Å². The summed E-state index contributed by atoms with van der Waals surface area (Å²) in [4.78, 5) is 13.5. The molecule has 2 heterocycles. The molecule has 5 aromatic rings. The van der Waals surface area contributed by atoms with Crippen LogP contribution in [-0.4, -0.2) is 21.3 Å². The van der Waals surface area contributed by atoms with Crippen LogP contribution < -0.4 is 25.2 Å². The van der Waals surface area contributed by atoms with Gasteiger partial charge in [0.25, 0.3) is 0 Å². The number of benzene rings is 4. The Bertz CT molecular complexity index is 1650. The molecule has 1 N–H and O–H groups in total. The van der Waals surface area contributed by atoms with E-state index in [1.807, 2.05) is 48.5 Å². The number of fused-ring (bicyclic) bond motifs is 7. The van der Waals surface area contributed by atoms with Crippen LogP contribution in [0.15, 0.2) is 82.0 Å². The summed E-state index contributed by atoms with van der Waals surface area (Å²) in [6.45, 7) is 0. The van der Waals surface area contributed by atoms with Gasteiger partial charge in [0, 0.05) is 22.2 Å². The smallest absolute Gasteiger partial charge is 0.342 e. The molecule has 35 heavy (non-hydrogen) atoms. The molecule has 6 rings (SSSR count). The Morgan fingerprint density at radius 2 is 1.46 bits per heavy atom. The Balaban J connectivity index is 1.72. The zero-order valence-corrected chi connectivity index (χ0v) is 19.5. The number of anilines is 1. The quantitative estimate of drug-likeness (QED) is 0.321. The van der Waals surface area contributed by atoms with Crippen LogP contribution in [0.5, 0.6) is 17.2 Å². The summed E-state index contributed by atoms with van der Waals surface area (Å²) in [5.74, 6) is 1.52. The molecule has 174 valence electrons. The van der Waals surface area contributed by atoms with Gasteiger partial charge in [0.1, 0.15) is 5.58 Å². The van der Waals surface area contributed by atoms with Gasteiger partial charge in [-0.05, 0) is 40.6 Å². The van der Waals surface area contributed by atoms with Crippen LogP contribution in [0.2, 0.25) is 0 Å². The molecule has 0 amide bonds. The summed E-state index contributed by atoms with van der Waals surface area (Å²) >= 11 is 0. The van der Waals surface area contributed by atoms with Crippen molar-refractivity contribution in [3.63, 3.8) is 0 Å². The number of hydrogen-bond donors (Lipinski definition) is 1. The lowest BCUT2D eigenvalue weighted by Crippen LogP contribution is -2.25. The van der Waals surface area contributed by atoms with Gasteiger partial charge in [0.05, 0.1) is 32.9 Å². The molecule has 6 nitrogen and oxygen atoms in total. The Morgan fingerprint density at radius 1 is 0.771 bits per heavy atom. The van der Waals surface area contributed by atoms with Gasteiger partial charge in [-0.3, -0.25) is 0 Å². The second-order valence-electron chi connectivity index (χ2n) is 8.42. The highest BCUT2D eigenvalue weighted by molar-refractivity contribution is 6.11. The molecule has 0 saturated heterocycles. The molecule has 6 heteroatoms. The monoisotopic (exact) mass is 465 g/mol. The molecule has 1 aromatic heterocycles. The van der Waals surface area contributed by atoms with E-state index in [0.29, 0.717) is 28.4 Å². The standard InChI is InChI=1S/C29H23NO5/c1-32-22-14-17(15-23(33-2)28(22)34-3)27-26-25(19-10-6-7-11-21(19)35-29(26)31)24-18-9-5-4-8-16(18)12-13-20(24)30-27/h4-15,27,30H,1-3H3/t27-/m1/s1. The fourth-order valence-corrected chi connectivity index (χ4v) is 5.10. The lowest BCUT2D eigenvalue weighted by Gasteiger charge is -2.31. The molecule has 0 spiro atoms. The summed E-state index contributed by atoms with van der Waals surface area (Å²) in [6.07, 6.45) is 0. The van der Waals surface area contributed by atoms with Gasteiger partial charge in [-0.25, -0.2) is 4.79 Å². The molecule has 0 radical (unpaired) electrons. The molecule has 0 fully saturated rings. The minimum absolute atomic E-state index is 0.386. The third kappa shape index (κ3) is 3.14. The normalized spacial score (nSPS) is 14.2. The van der Waals surface area contributed by atoms with Gasteiger partial charge in [-0.15, -0.1) is 0 Å². The highest BCUT2D eigenvalue weighted by Crippen LogP contribution is 2.49. The fourth-order valence-electron chi connectivity index (χ4n) is 5.10. The third-order valence-corrected chi connectivity index (χ3v) is 6.64. The van der Waals surface area contributed by atoms with E-state index in [4.69, 9.17) is 18.6 Å². The first-order chi connectivity index (χ1) is 17.1. The van der Waals surface area contributed by atoms with Gasteiger partial charge >= 0.3 is 5.63 Å². The average Bonchev–Trinajstić information content (AvgIpc) is 2.91. The average molecular weight is 466 g/mol. The van der Waals surface area contributed by atoms with E-state index in [2.05, 4.69) is 29.6 Å². The van der Waals surface area contributed by atoms with Crippen molar-refractivity contribution in [3.05, 3.63) is 94.3 Å². The highest BCUT2D eigenvalue weighted by Gasteiger charge is 2.33. The Morgan fingerprint density at radius 3 is 2.17 bits per heavy atom. The maximum absolute atomic E-state index is 13.5. The van der Waals surface area contributed by atoms with E-state index in [-0.39, 0.29) is 5.63 Å². The molecule has 1 atom stereocenters. The third-order valence-electron chi connectivity index (χ3n) is 6.64. The number of hydrogen-bond acceptors (Lipinski definition) is 6. The SMILES string of the molecule is COc1cc([C@H]2Nc3ccc4ccccc4c3-c3c2c(=O)oc2ccccc32)cc(OC)c1OC. The molecular formula is C29H23NO5. The van der Waals surface area contributed by atoms with Crippen LogP contribution in [-0.2, 0) is 0 Å². The highest BCUT2D eigenvalue weighted by atomic mass is 16.5. The topological polar surface area (TPSA) is 69.9 Å². The van der Waals surface area contributed by atoms with E-state index >= 15 is 0 Å². The van der Waals surface area contributed by atoms with Crippen molar-refractivity contribution in [1.29, 1.82) is 0 Å². The number of para-hydroxylation sites is 1. The van der Waals surface area contributed by atoms with E-state index in [0.717, 1.165) is 38.5 Å². The lowest BCUT2D eigenvalue weighted by atomic mass is 9.83. The first-order valence-corrected chi connectivity index (χ1v) is 11.3. The predicted molar refractivity (Wildman–Crippen MR) is 137 cm³/mol. The number of rotatable bonds is 4. The molecule has 0 aliphatic carbocycles. The van der Waals surface area contributed by atoms with E-state index in [1.165, 1.54) is 0 Å². The molecule has 1 aliphatic heterocycles. The van der Waals surface area contributed by atoms with Gasteiger partial charge < -0.3 is 23.9 Å². The second kappa shape index (κ2) is 8.09. The van der Waals surface area contributed by atoms with Crippen LogP contribution >= 0.6 is 0 Å². The first-order valence-electron chi connectivity index (χ1n) is 11.3. The van der Waals surface area contributed by atoms with Crippen LogP contribution in [0, 0.1) is 0 Å². The van der Waals surface area contributed by atoms with E-state index < -0.39 is 6.04 Å². The van der Waals surface area contributed by atoms with Gasteiger partial charge in [-0.1, -0.05) is 48.5 Å². The summed E-state index contributed by atoms with van der Waals surface area (Å²) < 4.78 is 22.5. The fraction of sp³-hybridized carbons (Fsp3) is 0.138. The summed E-state index contributed by atoms with van der Waals surface area (Å²) in [5, 5.41) is 6.65. The van der Waals surface area contributed by atoms with Crippen molar-refractivity contribution < 1.29 is 18.6 Å². The molecule has 0 bridgehead atoms. The minimum atomic E-state index is -0.492. The van der Waals surface area contributed by atoms with Crippen LogP contribution in [0.25, 0.3) is 32.9 Å². The van der Waals surface area contributed by atoms with Crippen molar-refractivity contribution in [2.45, 2.75) is 6.04 Å². The van der Waals surface area contributed by atoms with Gasteiger partial charge in [0.2, 0.25) is 5.75 Å². The molecule has 1 aliphatic rings. The Hall–Kier alpha value is -4.45. The molecular weight excluding hydrogens is 442 g/mol. The van der Waals surface area contributed by atoms with Crippen molar-refractivity contribution in [1.82, 2.24) is 0 Å². The Labute approximate surface area is 201 Å². The van der Waals surface area contributed by atoms with Gasteiger partial charge in [-0.2, -0.15) is 0 Å². The summed E-state index contributed by atoms with van der Waals surface area (Å²) in [5.41, 5.74) is 4.31. The Kier molecular flexibility index (Phi) is 4.88. The first kappa shape index (κ1) is 21.1. The minimum Gasteiger partial charge on any atom is -0.493 e. The van der Waals surface area contributed by atoms with Crippen LogP contribution in [0.1, 0.15) is 17.2 Å². The molecule has 0 saturated carbocycles. The van der Waals surface area contributed by atoms with Crippen molar-refractivity contribution in [2.75, 3.05) is 26.6 Å². The molecule has 0 unspecified atom stereocenters.